The molecule has 0 atom stereocenters. The molecular formula is C29H31FN6O4. The fourth-order valence-corrected chi connectivity index (χ4v) is 5.73. The highest BCUT2D eigenvalue weighted by atomic mass is 19.1. The fraction of sp³-hybridized carbons (Fsp3) is 0.414. The van der Waals surface area contributed by atoms with Crippen LogP contribution >= 0.6 is 0 Å². The van der Waals surface area contributed by atoms with E-state index in [1.54, 1.807) is 18.3 Å². The highest BCUT2D eigenvalue weighted by molar-refractivity contribution is 5.79. The number of ether oxygens (including phenoxy) is 1. The van der Waals surface area contributed by atoms with Crippen molar-refractivity contribution >= 4 is 11.6 Å². The van der Waals surface area contributed by atoms with Crippen molar-refractivity contribution in [3.8, 4) is 17.1 Å². The summed E-state index contributed by atoms with van der Waals surface area (Å²) in [6.45, 7) is 0.927. The first kappa shape index (κ1) is 26.1. The fourth-order valence-electron chi connectivity index (χ4n) is 5.73. The number of hydrogen-bond acceptors (Lipinski definition) is 7. The second-order valence-corrected chi connectivity index (χ2v) is 10.8. The van der Waals surface area contributed by atoms with E-state index in [-0.39, 0.29) is 41.5 Å². The molecule has 0 bridgehead atoms. The van der Waals surface area contributed by atoms with Gasteiger partial charge >= 0.3 is 0 Å². The third-order valence-electron chi connectivity index (χ3n) is 8.06. The predicted molar refractivity (Wildman–Crippen MR) is 144 cm³/mol. The number of imidazole rings is 1. The largest absolute Gasteiger partial charge is 0.474 e. The van der Waals surface area contributed by atoms with Crippen LogP contribution in [0.4, 0.5) is 4.39 Å². The number of aromatic nitrogens is 5. The zero-order chi connectivity index (χ0) is 27.7. The standard InChI is InChI=1S/C29H31FN6O4/c30-22-8-4-20(5-9-22)24-17-32-26-28(38)35(19-33-36(24)26)18-29(39)12-15-34(16-13-29)27(37)21-6-10-23(11-7-21)40-25-3-1-2-14-31-25/h1-5,8-9,14,17,19,21,23,39H,6-7,10-13,15-16,18H2. The molecular weight excluding hydrogens is 515 g/mol. The number of benzene rings is 1. The van der Waals surface area contributed by atoms with E-state index in [1.807, 2.05) is 23.1 Å². The average Bonchev–Trinajstić information content (AvgIpc) is 3.41. The Labute approximate surface area is 230 Å². The maximum atomic E-state index is 13.3. The van der Waals surface area contributed by atoms with Crippen molar-refractivity contribution in [1.82, 2.24) is 29.0 Å². The second-order valence-electron chi connectivity index (χ2n) is 10.8. The topological polar surface area (TPSA) is 115 Å². The maximum Gasteiger partial charge on any atom is 0.296 e. The van der Waals surface area contributed by atoms with Crippen LogP contribution in [0.1, 0.15) is 38.5 Å². The molecule has 1 amide bonds. The number of nitrogens with zero attached hydrogens (tertiary/aromatic N) is 6. The van der Waals surface area contributed by atoms with Crippen LogP contribution in [0.2, 0.25) is 0 Å². The third kappa shape index (κ3) is 5.33. The first-order valence-corrected chi connectivity index (χ1v) is 13.7. The zero-order valence-electron chi connectivity index (χ0n) is 22.0. The summed E-state index contributed by atoms with van der Waals surface area (Å²) < 4.78 is 22.1. The van der Waals surface area contributed by atoms with Crippen LogP contribution in [0, 0.1) is 11.7 Å². The minimum Gasteiger partial charge on any atom is -0.474 e. The van der Waals surface area contributed by atoms with Crippen molar-refractivity contribution in [2.75, 3.05) is 13.1 Å². The van der Waals surface area contributed by atoms with Crippen molar-refractivity contribution in [3.05, 3.63) is 77.4 Å². The normalized spacial score (nSPS) is 20.9. The van der Waals surface area contributed by atoms with E-state index in [0.29, 0.717) is 43.1 Å². The highest BCUT2D eigenvalue weighted by Crippen LogP contribution is 2.31. The van der Waals surface area contributed by atoms with E-state index in [1.165, 1.54) is 33.7 Å². The third-order valence-corrected chi connectivity index (χ3v) is 8.06. The average molecular weight is 547 g/mol. The minimum absolute atomic E-state index is 0.0419. The quantitative estimate of drug-likeness (QED) is 0.395. The molecule has 4 aromatic rings. The second kappa shape index (κ2) is 10.8. The lowest BCUT2D eigenvalue weighted by Gasteiger charge is -2.40. The molecule has 4 heterocycles. The number of aliphatic hydroxyl groups is 1. The number of carbonyl (C=O) groups excluding carboxylic acids is 1. The number of piperidine rings is 1. The van der Waals surface area contributed by atoms with Gasteiger partial charge in [0.15, 0.2) is 0 Å². The molecule has 10 nitrogen and oxygen atoms in total. The number of rotatable bonds is 6. The van der Waals surface area contributed by atoms with Gasteiger partial charge in [-0.1, -0.05) is 6.07 Å². The van der Waals surface area contributed by atoms with Gasteiger partial charge in [-0.05, 0) is 68.9 Å². The first-order valence-electron chi connectivity index (χ1n) is 13.7. The number of pyridine rings is 1. The Balaban J connectivity index is 1.05. The summed E-state index contributed by atoms with van der Waals surface area (Å²) in [5.41, 5.74) is -0.132. The van der Waals surface area contributed by atoms with Crippen molar-refractivity contribution in [1.29, 1.82) is 0 Å². The van der Waals surface area contributed by atoms with Gasteiger partial charge in [-0.25, -0.2) is 18.9 Å². The Morgan fingerprint density at radius 1 is 1.05 bits per heavy atom. The van der Waals surface area contributed by atoms with E-state index in [2.05, 4.69) is 15.1 Å². The molecule has 40 heavy (non-hydrogen) atoms. The Morgan fingerprint density at radius 2 is 1.80 bits per heavy atom. The Morgan fingerprint density at radius 3 is 2.50 bits per heavy atom. The van der Waals surface area contributed by atoms with Gasteiger partial charge in [0, 0.05) is 36.8 Å². The summed E-state index contributed by atoms with van der Waals surface area (Å²) in [4.78, 5) is 36.7. The van der Waals surface area contributed by atoms with Crippen molar-refractivity contribution in [3.63, 3.8) is 0 Å². The molecule has 1 aromatic carbocycles. The first-order chi connectivity index (χ1) is 19.4. The van der Waals surface area contributed by atoms with Gasteiger partial charge in [-0.3, -0.25) is 14.2 Å². The molecule has 3 aromatic heterocycles. The summed E-state index contributed by atoms with van der Waals surface area (Å²) in [6, 6.07) is 11.5. The number of carbonyl (C=O) groups is 1. The van der Waals surface area contributed by atoms with E-state index in [4.69, 9.17) is 4.74 Å². The summed E-state index contributed by atoms with van der Waals surface area (Å²) >= 11 is 0. The minimum atomic E-state index is -1.14. The summed E-state index contributed by atoms with van der Waals surface area (Å²) in [5, 5.41) is 15.7. The van der Waals surface area contributed by atoms with Gasteiger partial charge in [0.2, 0.25) is 17.4 Å². The van der Waals surface area contributed by atoms with Crippen LogP contribution in [0.3, 0.4) is 0 Å². The molecule has 1 saturated heterocycles. The summed E-state index contributed by atoms with van der Waals surface area (Å²) in [5.74, 6) is 0.346. The SMILES string of the molecule is O=C(C1CCC(Oc2ccccn2)CC1)N1CCC(O)(Cn2cnn3c(-c4ccc(F)cc4)cnc3c2=O)CC1. The number of likely N-dealkylation sites (tertiary alicyclic amines) is 1. The van der Waals surface area contributed by atoms with Crippen molar-refractivity contribution in [2.24, 2.45) is 5.92 Å². The molecule has 11 heteroatoms. The van der Waals surface area contributed by atoms with Crippen LogP contribution in [0.25, 0.3) is 16.9 Å². The Bertz CT molecular complexity index is 1540. The molecule has 2 fully saturated rings. The van der Waals surface area contributed by atoms with Crippen LogP contribution in [0.15, 0.2) is 66.0 Å². The van der Waals surface area contributed by atoms with Gasteiger partial charge in [0.1, 0.15) is 18.2 Å². The lowest BCUT2D eigenvalue weighted by molar-refractivity contribution is -0.141. The van der Waals surface area contributed by atoms with Crippen LogP contribution in [-0.2, 0) is 11.3 Å². The molecule has 0 radical (unpaired) electrons. The molecule has 0 unspecified atom stereocenters. The monoisotopic (exact) mass is 546 g/mol. The Hall–Kier alpha value is -4.12. The van der Waals surface area contributed by atoms with Gasteiger partial charge < -0.3 is 14.7 Å². The molecule has 1 saturated carbocycles. The van der Waals surface area contributed by atoms with Crippen molar-refractivity contribution in [2.45, 2.75) is 56.8 Å². The van der Waals surface area contributed by atoms with Gasteiger partial charge in [-0.15, -0.1) is 0 Å². The molecule has 1 aliphatic heterocycles. The Kier molecular flexibility index (Phi) is 7.05. The molecule has 1 N–H and O–H groups in total. The van der Waals surface area contributed by atoms with Gasteiger partial charge in [0.25, 0.3) is 5.56 Å². The van der Waals surface area contributed by atoms with Gasteiger partial charge in [-0.2, -0.15) is 5.10 Å². The van der Waals surface area contributed by atoms with Crippen LogP contribution in [0.5, 0.6) is 5.88 Å². The zero-order valence-corrected chi connectivity index (χ0v) is 22.0. The maximum absolute atomic E-state index is 13.3. The molecule has 1 aliphatic carbocycles. The smallest absolute Gasteiger partial charge is 0.296 e. The van der Waals surface area contributed by atoms with E-state index in [0.717, 1.165) is 25.7 Å². The molecule has 0 spiro atoms. The van der Waals surface area contributed by atoms with E-state index >= 15 is 0 Å². The van der Waals surface area contributed by atoms with Crippen molar-refractivity contribution < 1.29 is 19.0 Å². The van der Waals surface area contributed by atoms with E-state index in [9.17, 15) is 19.1 Å². The molecule has 208 valence electrons. The summed E-state index contributed by atoms with van der Waals surface area (Å²) in [6.07, 6.45) is 8.56. The van der Waals surface area contributed by atoms with Crippen LogP contribution < -0.4 is 10.3 Å². The lowest BCUT2D eigenvalue weighted by atomic mass is 9.85. The summed E-state index contributed by atoms with van der Waals surface area (Å²) in [7, 11) is 0. The number of fused-ring (bicyclic) bond motifs is 1. The molecule has 6 rings (SSSR count). The number of halogens is 1. The van der Waals surface area contributed by atoms with Gasteiger partial charge in [0.05, 0.1) is 24.0 Å². The molecule has 2 aliphatic rings. The highest BCUT2D eigenvalue weighted by Gasteiger charge is 2.37. The van der Waals surface area contributed by atoms with E-state index < -0.39 is 5.60 Å². The van der Waals surface area contributed by atoms with Crippen LogP contribution in [-0.4, -0.2) is 64.9 Å². The lowest BCUT2D eigenvalue weighted by Crippen LogP contribution is -2.51. The number of amides is 1. The number of hydrogen-bond donors (Lipinski definition) is 1. The predicted octanol–water partition coefficient (Wildman–Crippen LogP) is 3.08.